The van der Waals surface area contributed by atoms with Gasteiger partial charge in [0, 0.05) is 22.0 Å². The van der Waals surface area contributed by atoms with E-state index in [4.69, 9.17) is 5.73 Å². The van der Waals surface area contributed by atoms with Crippen molar-refractivity contribution < 1.29 is 83.9 Å². The Bertz CT molecular complexity index is 554. The topological polar surface area (TPSA) is 86.4 Å². The number of nitrogen functional groups attached to an aromatic ring is 1. The number of phenols is 1. The molecule has 0 aliphatic heterocycles. The van der Waals surface area contributed by atoms with Crippen molar-refractivity contribution in [2.75, 3.05) is 5.73 Å². The van der Waals surface area contributed by atoms with Crippen molar-refractivity contribution in [1.29, 1.82) is 0 Å². The van der Waals surface area contributed by atoms with Crippen LogP contribution in [0.4, 0.5) is 5.69 Å². The first-order valence-corrected chi connectivity index (χ1v) is 4.33. The zero-order valence-electron chi connectivity index (χ0n) is 8.73. The van der Waals surface area contributed by atoms with Crippen molar-refractivity contribution in [3.05, 3.63) is 35.9 Å². The van der Waals surface area contributed by atoms with E-state index < -0.39 is 5.97 Å². The van der Waals surface area contributed by atoms with Crippen LogP contribution in [0.1, 0.15) is 10.4 Å². The zero-order valence-corrected chi connectivity index (χ0v) is 15.0. The monoisotopic (exact) mass is 335 g/mol. The Kier molecular flexibility index (Phi) is 4.72. The van der Waals surface area contributed by atoms with E-state index in [1.807, 2.05) is 0 Å². The van der Waals surface area contributed by atoms with Crippen molar-refractivity contribution in [1.82, 2.24) is 0 Å². The largest absolute Gasteiger partial charge is 1.00 e. The van der Waals surface area contributed by atoms with E-state index in [0.29, 0.717) is 16.5 Å². The molecule has 0 saturated heterocycles. The third-order valence-corrected chi connectivity index (χ3v) is 2.29. The molecular formula is C11H8CsNO3. The van der Waals surface area contributed by atoms with Crippen LogP contribution in [0.25, 0.3) is 10.8 Å². The van der Waals surface area contributed by atoms with Gasteiger partial charge in [0.1, 0.15) is 5.75 Å². The third-order valence-electron chi connectivity index (χ3n) is 2.29. The Balaban J connectivity index is 0.00000128. The number of benzene rings is 2. The van der Waals surface area contributed by atoms with Gasteiger partial charge in [-0.15, -0.1) is 0 Å². The summed E-state index contributed by atoms with van der Waals surface area (Å²) in [5.74, 6) is -1.71. The van der Waals surface area contributed by atoms with Crippen molar-refractivity contribution in [2.45, 2.75) is 0 Å². The normalized spacial score (nSPS) is 9.75. The molecule has 4 nitrogen and oxygen atoms in total. The second kappa shape index (κ2) is 5.44. The molecular weight excluding hydrogens is 327 g/mol. The third kappa shape index (κ3) is 2.39. The molecule has 3 N–H and O–H groups in total. The van der Waals surface area contributed by atoms with E-state index in [9.17, 15) is 15.0 Å². The van der Waals surface area contributed by atoms with E-state index in [1.165, 1.54) is 6.07 Å². The molecule has 0 atom stereocenters. The molecule has 2 aromatic rings. The number of hydrogen-bond acceptors (Lipinski definition) is 4. The maximum atomic E-state index is 10.6. The Morgan fingerprint density at radius 2 is 1.88 bits per heavy atom. The predicted octanol–water partition coefficient (Wildman–Crippen LogP) is -2.50. The summed E-state index contributed by atoms with van der Waals surface area (Å²) in [6.45, 7) is 0. The number of carboxylic acid groups (broad SMARTS) is 1. The first-order valence-electron chi connectivity index (χ1n) is 4.33. The fraction of sp³-hybridized carbons (Fsp3) is 0. The number of nitrogens with two attached hydrogens (primary N) is 1. The summed E-state index contributed by atoms with van der Waals surface area (Å²) in [5, 5.41) is 21.4. The van der Waals surface area contributed by atoms with E-state index in [0.717, 1.165) is 0 Å². The van der Waals surface area contributed by atoms with Crippen LogP contribution in [0.2, 0.25) is 0 Å². The van der Waals surface area contributed by atoms with Crippen molar-refractivity contribution >= 4 is 22.4 Å². The first-order chi connectivity index (χ1) is 7.11. The average Bonchev–Trinajstić information content (AvgIpc) is 2.19. The number of carbonyl (C=O) groups excluding carboxylic acids is 1. The molecule has 0 fully saturated rings. The smallest absolute Gasteiger partial charge is 0.545 e. The summed E-state index contributed by atoms with van der Waals surface area (Å²) < 4.78 is 0. The summed E-state index contributed by atoms with van der Waals surface area (Å²) in [4.78, 5) is 10.6. The molecule has 0 aliphatic rings. The number of carboxylic acids is 1. The van der Waals surface area contributed by atoms with Gasteiger partial charge in [-0.25, -0.2) is 0 Å². The molecule has 0 amide bonds. The minimum atomic E-state index is -1.41. The van der Waals surface area contributed by atoms with Gasteiger partial charge in [-0.05, 0) is 12.1 Å². The molecule has 0 spiro atoms. The molecule has 76 valence electrons. The summed E-state index contributed by atoms with van der Waals surface area (Å²) in [6.07, 6.45) is 0. The molecule has 0 heterocycles. The van der Waals surface area contributed by atoms with Gasteiger partial charge >= 0.3 is 68.9 Å². The van der Waals surface area contributed by atoms with Gasteiger partial charge < -0.3 is 20.7 Å². The number of hydrogen-bond donors (Lipinski definition) is 2. The number of rotatable bonds is 1. The van der Waals surface area contributed by atoms with Gasteiger partial charge in [0.25, 0.3) is 0 Å². The minimum Gasteiger partial charge on any atom is -0.545 e. The maximum absolute atomic E-state index is 10.6. The van der Waals surface area contributed by atoms with Gasteiger partial charge in [-0.1, -0.05) is 18.2 Å². The van der Waals surface area contributed by atoms with E-state index in [2.05, 4.69) is 0 Å². The maximum Gasteiger partial charge on any atom is 1.00 e. The first kappa shape index (κ1) is 13.9. The van der Waals surface area contributed by atoms with Gasteiger partial charge in [-0.2, -0.15) is 0 Å². The standard InChI is InChI=1S/C11H9NO3.Cs/c12-9-3-1-2-7-6(9)4-5-8(10(7)13)11(14)15;/h1-5,13H,12H2,(H,14,15);/q;+1/p-1. The molecule has 0 saturated carbocycles. The molecule has 5 heteroatoms. The number of fused-ring (bicyclic) bond motifs is 1. The summed E-state index contributed by atoms with van der Waals surface area (Å²) in [7, 11) is 0. The van der Waals surface area contributed by atoms with Crippen LogP contribution in [0, 0.1) is 0 Å². The van der Waals surface area contributed by atoms with Crippen LogP contribution in [0.15, 0.2) is 30.3 Å². The van der Waals surface area contributed by atoms with Crippen LogP contribution < -0.4 is 79.7 Å². The van der Waals surface area contributed by atoms with Gasteiger partial charge in [0.15, 0.2) is 0 Å². The minimum absolute atomic E-state index is 0. The van der Waals surface area contributed by atoms with E-state index in [1.54, 1.807) is 24.3 Å². The van der Waals surface area contributed by atoms with Crippen molar-refractivity contribution in [3.63, 3.8) is 0 Å². The summed E-state index contributed by atoms with van der Waals surface area (Å²) in [6, 6.07) is 7.77. The van der Waals surface area contributed by atoms with Gasteiger partial charge in [0.05, 0.1) is 5.97 Å². The van der Waals surface area contributed by atoms with Crippen LogP contribution in [-0.4, -0.2) is 11.1 Å². The summed E-state index contributed by atoms with van der Waals surface area (Å²) in [5.41, 5.74) is 5.94. The number of carbonyl (C=O) groups is 1. The van der Waals surface area contributed by atoms with Crippen LogP contribution in [0.3, 0.4) is 0 Å². The Hall–Kier alpha value is -0.178. The molecule has 0 unspecified atom stereocenters. The molecule has 0 aliphatic carbocycles. The molecule has 2 aromatic carbocycles. The molecule has 0 radical (unpaired) electrons. The van der Waals surface area contributed by atoms with Crippen LogP contribution in [0.5, 0.6) is 5.75 Å². The molecule has 0 bridgehead atoms. The fourth-order valence-electron chi connectivity index (χ4n) is 1.53. The average molecular weight is 335 g/mol. The Morgan fingerprint density at radius 3 is 2.50 bits per heavy atom. The number of aromatic carboxylic acids is 1. The van der Waals surface area contributed by atoms with Gasteiger partial charge in [0.2, 0.25) is 0 Å². The van der Waals surface area contributed by atoms with E-state index in [-0.39, 0.29) is 80.2 Å². The Morgan fingerprint density at radius 1 is 1.19 bits per heavy atom. The predicted molar refractivity (Wildman–Crippen MR) is 54.4 cm³/mol. The zero-order chi connectivity index (χ0) is 11.0. The molecule has 2 rings (SSSR count). The fourth-order valence-corrected chi connectivity index (χ4v) is 1.53. The molecule has 16 heavy (non-hydrogen) atoms. The number of aromatic hydroxyl groups is 1. The second-order valence-corrected chi connectivity index (χ2v) is 3.19. The quantitative estimate of drug-likeness (QED) is 0.564. The van der Waals surface area contributed by atoms with Gasteiger partial charge in [-0.3, -0.25) is 0 Å². The van der Waals surface area contributed by atoms with Crippen LogP contribution >= 0.6 is 0 Å². The second-order valence-electron chi connectivity index (χ2n) is 3.19. The van der Waals surface area contributed by atoms with Crippen molar-refractivity contribution in [2.24, 2.45) is 0 Å². The van der Waals surface area contributed by atoms with Crippen molar-refractivity contribution in [3.8, 4) is 5.75 Å². The SMILES string of the molecule is Nc1cccc2c(O)c(C(=O)[O-])ccc12.[Cs+]. The summed E-state index contributed by atoms with van der Waals surface area (Å²) >= 11 is 0. The Labute approximate surface area is 151 Å². The van der Waals surface area contributed by atoms with E-state index >= 15 is 0 Å². The van der Waals surface area contributed by atoms with Crippen LogP contribution in [-0.2, 0) is 0 Å². The molecule has 0 aromatic heterocycles. The number of anilines is 1.